The zero-order valence-corrected chi connectivity index (χ0v) is 11.9. The highest BCUT2D eigenvalue weighted by Crippen LogP contribution is 2.09. The van der Waals surface area contributed by atoms with Crippen molar-refractivity contribution < 1.29 is 4.79 Å². The van der Waals surface area contributed by atoms with Crippen LogP contribution in [0.5, 0.6) is 0 Å². The van der Waals surface area contributed by atoms with Crippen molar-refractivity contribution in [2.45, 2.75) is 31.8 Å². The molecular weight excluding hydrogens is 268 g/mol. The molecular formula is C15H18N4O2. The standard InChI is InChI=1S/C15H18N4O2/c1-10-12(5-4-7-16-10)18-14(20)11-9-17-13-6-2-3-8-19(13)15(11)21/h2-3,6,8-10,12,16H,4-5,7H2,1H3,(H,18,20). The Balaban J connectivity index is 1.88. The summed E-state index contributed by atoms with van der Waals surface area (Å²) in [5.41, 5.74) is 0.276. The molecule has 2 atom stereocenters. The van der Waals surface area contributed by atoms with Crippen LogP contribution in [0, 0.1) is 0 Å². The highest BCUT2D eigenvalue weighted by molar-refractivity contribution is 5.94. The van der Waals surface area contributed by atoms with Crippen LogP contribution in [0.1, 0.15) is 30.1 Å². The van der Waals surface area contributed by atoms with Gasteiger partial charge in [-0.1, -0.05) is 6.07 Å². The van der Waals surface area contributed by atoms with Gasteiger partial charge < -0.3 is 10.6 Å². The number of carbonyl (C=O) groups excluding carboxylic acids is 1. The third-order valence-electron chi connectivity index (χ3n) is 3.94. The van der Waals surface area contributed by atoms with Gasteiger partial charge in [0, 0.05) is 24.5 Å². The normalized spacial score (nSPS) is 22.1. The molecule has 0 saturated carbocycles. The number of nitrogens with zero attached hydrogens (tertiary/aromatic N) is 2. The van der Waals surface area contributed by atoms with Crippen molar-refractivity contribution in [2.75, 3.05) is 6.54 Å². The summed E-state index contributed by atoms with van der Waals surface area (Å²) in [6.07, 6.45) is 4.91. The molecule has 1 amide bonds. The molecule has 1 saturated heterocycles. The number of hydrogen-bond acceptors (Lipinski definition) is 4. The van der Waals surface area contributed by atoms with Gasteiger partial charge in [-0.3, -0.25) is 14.0 Å². The summed E-state index contributed by atoms with van der Waals surface area (Å²) in [6, 6.07) is 5.53. The van der Waals surface area contributed by atoms with Crippen molar-refractivity contribution in [2.24, 2.45) is 0 Å². The maximum Gasteiger partial charge on any atom is 0.270 e. The molecule has 0 radical (unpaired) electrons. The van der Waals surface area contributed by atoms with Gasteiger partial charge in [-0.15, -0.1) is 0 Å². The van der Waals surface area contributed by atoms with Crippen molar-refractivity contribution in [1.29, 1.82) is 0 Å². The average Bonchev–Trinajstić information content (AvgIpc) is 2.50. The van der Waals surface area contributed by atoms with Gasteiger partial charge in [0.05, 0.1) is 0 Å². The van der Waals surface area contributed by atoms with E-state index in [-0.39, 0.29) is 29.1 Å². The van der Waals surface area contributed by atoms with Crippen LogP contribution in [-0.4, -0.2) is 33.9 Å². The van der Waals surface area contributed by atoms with Gasteiger partial charge in [0.1, 0.15) is 11.2 Å². The summed E-state index contributed by atoms with van der Waals surface area (Å²) in [5, 5.41) is 6.26. The Kier molecular flexibility index (Phi) is 3.70. The molecule has 2 N–H and O–H groups in total. The summed E-state index contributed by atoms with van der Waals surface area (Å²) >= 11 is 0. The average molecular weight is 286 g/mol. The first kappa shape index (κ1) is 13.8. The largest absolute Gasteiger partial charge is 0.348 e. The van der Waals surface area contributed by atoms with E-state index < -0.39 is 0 Å². The van der Waals surface area contributed by atoms with E-state index in [0.717, 1.165) is 19.4 Å². The molecule has 2 aromatic rings. The molecule has 1 aliphatic rings. The molecule has 21 heavy (non-hydrogen) atoms. The molecule has 110 valence electrons. The second-order valence-corrected chi connectivity index (χ2v) is 5.37. The molecule has 0 aliphatic carbocycles. The Morgan fingerprint density at radius 1 is 1.48 bits per heavy atom. The number of rotatable bonds is 2. The first-order chi connectivity index (χ1) is 10.2. The van der Waals surface area contributed by atoms with Gasteiger partial charge in [-0.25, -0.2) is 4.98 Å². The molecule has 0 spiro atoms. The quantitative estimate of drug-likeness (QED) is 0.846. The van der Waals surface area contributed by atoms with Crippen LogP contribution in [0.2, 0.25) is 0 Å². The lowest BCUT2D eigenvalue weighted by Gasteiger charge is -2.30. The van der Waals surface area contributed by atoms with E-state index in [1.165, 1.54) is 10.6 Å². The van der Waals surface area contributed by atoms with E-state index in [2.05, 4.69) is 15.6 Å². The van der Waals surface area contributed by atoms with Crippen LogP contribution < -0.4 is 16.2 Å². The minimum absolute atomic E-state index is 0.0436. The van der Waals surface area contributed by atoms with E-state index in [9.17, 15) is 9.59 Å². The Hall–Kier alpha value is -2.21. The van der Waals surface area contributed by atoms with Crippen LogP contribution in [0.25, 0.3) is 5.65 Å². The molecule has 2 aromatic heterocycles. The fourth-order valence-electron chi connectivity index (χ4n) is 2.67. The van der Waals surface area contributed by atoms with Crippen LogP contribution in [0.3, 0.4) is 0 Å². The molecule has 3 rings (SSSR count). The fraction of sp³-hybridized carbons (Fsp3) is 0.400. The Morgan fingerprint density at radius 3 is 3.14 bits per heavy atom. The summed E-state index contributed by atoms with van der Waals surface area (Å²) in [6.45, 7) is 3.00. The van der Waals surface area contributed by atoms with Crippen LogP contribution in [0.15, 0.2) is 35.4 Å². The first-order valence-corrected chi connectivity index (χ1v) is 7.17. The first-order valence-electron chi connectivity index (χ1n) is 7.17. The zero-order chi connectivity index (χ0) is 14.8. The summed E-state index contributed by atoms with van der Waals surface area (Å²) in [7, 11) is 0. The van der Waals surface area contributed by atoms with Crippen molar-refractivity contribution in [3.63, 3.8) is 0 Å². The lowest BCUT2D eigenvalue weighted by molar-refractivity contribution is 0.0918. The number of piperidine rings is 1. The highest BCUT2D eigenvalue weighted by Gasteiger charge is 2.24. The SMILES string of the molecule is CC1NCCCC1NC(=O)c1cnc2ccccn2c1=O. The minimum Gasteiger partial charge on any atom is -0.348 e. The second-order valence-electron chi connectivity index (χ2n) is 5.37. The van der Waals surface area contributed by atoms with Crippen molar-refractivity contribution in [1.82, 2.24) is 20.0 Å². The molecule has 1 aliphatic heterocycles. The lowest BCUT2D eigenvalue weighted by atomic mass is 9.99. The molecule has 1 fully saturated rings. The number of pyridine rings is 1. The Morgan fingerprint density at radius 2 is 2.33 bits per heavy atom. The van der Waals surface area contributed by atoms with E-state index in [1.807, 2.05) is 6.92 Å². The van der Waals surface area contributed by atoms with Gasteiger partial charge in [-0.05, 0) is 38.4 Å². The summed E-state index contributed by atoms with van der Waals surface area (Å²) < 4.78 is 1.39. The Bertz CT molecular complexity index is 725. The van der Waals surface area contributed by atoms with E-state index in [1.54, 1.807) is 24.4 Å². The number of carbonyl (C=O) groups is 1. The van der Waals surface area contributed by atoms with E-state index >= 15 is 0 Å². The van der Waals surface area contributed by atoms with E-state index in [4.69, 9.17) is 0 Å². The van der Waals surface area contributed by atoms with Gasteiger partial charge in [0.15, 0.2) is 0 Å². The molecule has 2 unspecified atom stereocenters. The van der Waals surface area contributed by atoms with E-state index in [0.29, 0.717) is 5.65 Å². The topological polar surface area (TPSA) is 75.5 Å². The lowest BCUT2D eigenvalue weighted by Crippen LogP contribution is -2.52. The number of nitrogens with one attached hydrogen (secondary N) is 2. The van der Waals surface area contributed by atoms with Gasteiger partial charge in [-0.2, -0.15) is 0 Å². The smallest absolute Gasteiger partial charge is 0.270 e. The van der Waals surface area contributed by atoms with Crippen molar-refractivity contribution in [3.8, 4) is 0 Å². The monoisotopic (exact) mass is 286 g/mol. The third kappa shape index (κ3) is 2.67. The molecule has 6 heteroatoms. The molecule has 0 bridgehead atoms. The fourth-order valence-corrected chi connectivity index (χ4v) is 2.67. The van der Waals surface area contributed by atoms with Crippen LogP contribution in [0.4, 0.5) is 0 Å². The summed E-state index contributed by atoms with van der Waals surface area (Å²) in [5.74, 6) is -0.355. The summed E-state index contributed by atoms with van der Waals surface area (Å²) in [4.78, 5) is 28.8. The van der Waals surface area contributed by atoms with Gasteiger partial charge in [0.2, 0.25) is 0 Å². The van der Waals surface area contributed by atoms with Gasteiger partial charge >= 0.3 is 0 Å². The third-order valence-corrected chi connectivity index (χ3v) is 3.94. The van der Waals surface area contributed by atoms with Crippen molar-refractivity contribution in [3.05, 3.63) is 46.5 Å². The number of amides is 1. The second kappa shape index (κ2) is 5.65. The number of hydrogen-bond donors (Lipinski definition) is 2. The predicted octanol–water partition coefficient (Wildman–Crippen LogP) is 0.565. The minimum atomic E-state index is -0.355. The predicted molar refractivity (Wildman–Crippen MR) is 79.4 cm³/mol. The number of aromatic nitrogens is 2. The van der Waals surface area contributed by atoms with Crippen molar-refractivity contribution >= 4 is 11.6 Å². The maximum atomic E-state index is 12.3. The van der Waals surface area contributed by atoms with Crippen LogP contribution >= 0.6 is 0 Å². The molecule has 6 nitrogen and oxygen atoms in total. The van der Waals surface area contributed by atoms with Gasteiger partial charge in [0.25, 0.3) is 11.5 Å². The molecule has 3 heterocycles. The maximum absolute atomic E-state index is 12.3. The Labute approximate surface area is 122 Å². The molecule has 0 aromatic carbocycles. The van der Waals surface area contributed by atoms with Crippen LogP contribution in [-0.2, 0) is 0 Å². The zero-order valence-electron chi connectivity index (χ0n) is 11.9. The number of fused-ring (bicyclic) bond motifs is 1. The highest BCUT2D eigenvalue weighted by atomic mass is 16.2.